The van der Waals surface area contributed by atoms with Crippen LogP contribution in [0.4, 0.5) is 14.5 Å². The van der Waals surface area contributed by atoms with Crippen molar-refractivity contribution >= 4 is 5.69 Å². The van der Waals surface area contributed by atoms with Gasteiger partial charge >= 0.3 is 0 Å². The monoisotopic (exact) mass is 295 g/mol. The van der Waals surface area contributed by atoms with E-state index in [-0.39, 0.29) is 0 Å². The highest BCUT2D eigenvalue weighted by atomic mass is 19.2. The predicted molar refractivity (Wildman–Crippen MR) is 75.9 cm³/mol. The first-order chi connectivity index (χ1) is 9.99. The van der Waals surface area contributed by atoms with E-state index in [4.69, 9.17) is 4.52 Å². The molecule has 1 aromatic heterocycles. The minimum Gasteiger partial charge on any atom is -0.362 e. The number of anilines is 1. The molecule has 0 aliphatic heterocycles. The SMILES string of the molecule is CCN(Cc1nc(CC(C)C)no1)c1ccc(F)c(F)c1. The summed E-state index contributed by atoms with van der Waals surface area (Å²) < 4.78 is 31.5. The molecule has 0 aliphatic carbocycles. The van der Waals surface area contributed by atoms with Gasteiger partial charge in [-0.25, -0.2) is 8.78 Å². The van der Waals surface area contributed by atoms with E-state index in [2.05, 4.69) is 24.0 Å². The maximum atomic E-state index is 13.3. The molecule has 4 nitrogen and oxygen atoms in total. The molecular weight excluding hydrogens is 276 g/mol. The summed E-state index contributed by atoms with van der Waals surface area (Å²) in [5.74, 6) is -0.133. The Morgan fingerprint density at radius 2 is 2.00 bits per heavy atom. The van der Waals surface area contributed by atoms with Crippen LogP contribution < -0.4 is 4.90 Å². The lowest BCUT2D eigenvalue weighted by atomic mass is 10.1. The van der Waals surface area contributed by atoms with Gasteiger partial charge in [0.25, 0.3) is 0 Å². The van der Waals surface area contributed by atoms with Gasteiger partial charge in [0.05, 0.1) is 6.54 Å². The van der Waals surface area contributed by atoms with Crippen LogP contribution in [0.2, 0.25) is 0 Å². The lowest BCUT2D eigenvalue weighted by Crippen LogP contribution is -2.22. The third kappa shape index (κ3) is 4.00. The summed E-state index contributed by atoms with van der Waals surface area (Å²) >= 11 is 0. The summed E-state index contributed by atoms with van der Waals surface area (Å²) in [4.78, 5) is 6.16. The number of benzene rings is 1. The Hall–Kier alpha value is -1.98. The van der Waals surface area contributed by atoms with Crippen LogP contribution in [0.1, 0.15) is 32.5 Å². The van der Waals surface area contributed by atoms with Crippen molar-refractivity contribution in [3.05, 3.63) is 41.5 Å². The molecule has 0 N–H and O–H groups in total. The Morgan fingerprint density at radius 3 is 2.62 bits per heavy atom. The van der Waals surface area contributed by atoms with Crippen LogP contribution in [-0.4, -0.2) is 16.7 Å². The zero-order valence-electron chi connectivity index (χ0n) is 12.4. The number of nitrogens with zero attached hydrogens (tertiary/aromatic N) is 3. The van der Waals surface area contributed by atoms with Crippen LogP contribution in [0.25, 0.3) is 0 Å². The Bertz CT molecular complexity index is 598. The molecule has 114 valence electrons. The van der Waals surface area contributed by atoms with Gasteiger partial charge in [0.15, 0.2) is 17.5 Å². The second-order valence-electron chi connectivity index (χ2n) is 5.31. The van der Waals surface area contributed by atoms with Crippen LogP contribution in [-0.2, 0) is 13.0 Å². The van der Waals surface area contributed by atoms with Crippen LogP contribution >= 0.6 is 0 Å². The molecule has 0 atom stereocenters. The van der Waals surface area contributed by atoms with Crippen molar-refractivity contribution in [1.29, 1.82) is 0 Å². The molecule has 0 aliphatic rings. The van der Waals surface area contributed by atoms with Gasteiger partial charge in [-0.15, -0.1) is 0 Å². The smallest absolute Gasteiger partial charge is 0.246 e. The van der Waals surface area contributed by atoms with E-state index < -0.39 is 11.6 Å². The first kappa shape index (κ1) is 15.4. The molecule has 0 fully saturated rings. The molecule has 0 saturated carbocycles. The number of halogens is 2. The van der Waals surface area contributed by atoms with Gasteiger partial charge in [-0.2, -0.15) is 4.98 Å². The molecule has 21 heavy (non-hydrogen) atoms. The minimum atomic E-state index is -0.864. The first-order valence-corrected chi connectivity index (χ1v) is 7.01. The predicted octanol–water partition coefficient (Wildman–Crippen LogP) is 3.57. The van der Waals surface area contributed by atoms with E-state index in [9.17, 15) is 8.78 Å². The third-order valence-corrected chi connectivity index (χ3v) is 3.08. The fourth-order valence-electron chi connectivity index (χ4n) is 2.03. The van der Waals surface area contributed by atoms with Crippen molar-refractivity contribution in [2.24, 2.45) is 5.92 Å². The lowest BCUT2D eigenvalue weighted by molar-refractivity contribution is 0.369. The van der Waals surface area contributed by atoms with Crippen LogP contribution in [0.3, 0.4) is 0 Å². The summed E-state index contributed by atoms with van der Waals surface area (Å²) in [7, 11) is 0. The molecule has 6 heteroatoms. The zero-order chi connectivity index (χ0) is 15.4. The average molecular weight is 295 g/mol. The second-order valence-corrected chi connectivity index (χ2v) is 5.31. The van der Waals surface area contributed by atoms with Crippen molar-refractivity contribution in [2.75, 3.05) is 11.4 Å². The molecule has 1 aromatic carbocycles. The van der Waals surface area contributed by atoms with Crippen molar-refractivity contribution in [3.63, 3.8) is 0 Å². The molecule has 2 rings (SSSR count). The lowest BCUT2D eigenvalue weighted by Gasteiger charge is -2.21. The number of hydrogen-bond acceptors (Lipinski definition) is 4. The maximum absolute atomic E-state index is 13.3. The largest absolute Gasteiger partial charge is 0.362 e. The molecule has 0 radical (unpaired) electrons. The van der Waals surface area contributed by atoms with Gasteiger partial charge in [-0.1, -0.05) is 19.0 Å². The van der Waals surface area contributed by atoms with Gasteiger partial charge in [0, 0.05) is 24.7 Å². The highest BCUT2D eigenvalue weighted by Gasteiger charge is 2.14. The van der Waals surface area contributed by atoms with Crippen molar-refractivity contribution in [2.45, 2.75) is 33.7 Å². The van der Waals surface area contributed by atoms with E-state index >= 15 is 0 Å². The van der Waals surface area contributed by atoms with Gasteiger partial charge in [0.2, 0.25) is 5.89 Å². The molecule has 0 saturated heterocycles. The fraction of sp³-hybridized carbons (Fsp3) is 0.467. The van der Waals surface area contributed by atoms with Gasteiger partial charge in [-0.3, -0.25) is 0 Å². The standard InChI is InChI=1S/C15H19F2N3O/c1-4-20(11-5-6-12(16)13(17)8-11)9-15-18-14(19-21-15)7-10(2)3/h5-6,8,10H,4,7,9H2,1-3H3. The van der Waals surface area contributed by atoms with Crippen molar-refractivity contribution in [3.8, 4) is 0 Å². The van der Waals surface area contributed by atoms with E-state index in [1.165, 1.54) is 12.1 Å². The normalized spacial score (nSPS) is 11.1. The quantitative estimate of drug-likeness (QED) is 0.817. The van der Waals surface area contributed by atoms with Crippen LogP contribution in [0.15, 0.2) is 22.7 Å². The second kappa shape index (κ2) is 6.65. The van der Waals surface area contributed by atoms with E-state index in [0.717, 1.165) is 12.5 Å². The Balaban J connectivity index is 2.11. The number of hydrogen-bond donors (Lipinski definition) is 0. The van der Waals surface area contributed by atoms with Gasteiger partial charge in [0.1, 0.15) is 0 Å². The summed E-state index contributed by atoms with van der Waals surface area (Å²) in [6, 6.07) is 3.82. The molecule has 0 amide bonds. The van der Waals surface area contributed by atoms with Crippen molar-refractivity contribution < 1.29 is 13.3 Å². The third-order valence-electron chi connectivity index (χ3n) is 3.08. The number of rotatable bonds is 6. The van der Waals surface area contributed by atoms with E-state index in [0.29, 0.717) is 36.4 Å². The van der Waals surface area contributed by atoms with Gasteiger partial charge in [-0.05, 0) is 25.0 Å². The average Bonchev–Trinajstić information content (AvgIpc) is 2.86. The minimum absolute atomic E-state index is 0.368. The highest BCUT2D eigenvalue weighted by molar-refractivity contribution is 5.46. The first-order valence-electron chi connectivity index (χ1n) is 7.01. The number of aromatic nitrogens is 2. The maximum Gasteiger partial charge on any atom is 0.246 e. The topological polar surface area (TPSA) is 42.2 Å². The fourth-order valence-corrected chi connectivity index (χ4v) is 2.03. The van der Waals surface area contributed by atoms with Crippen LogP contribution in [0, 0.1) is 17.6 Å². The highest BCUT2D eigenvalue weighted by Crippen LogP contribution is 2.19. The molecule has 0 unspecified atom stereocenters. The zero-order valence-corrected chi connectivity index (χ0v) is 12.4. The summed E-state index contributed by atoms with van der Waals surface area (Å²) in [6.45, 7) is 7.07. The molecular formula is C15H19F2N3O. The summed E-state index contributed by atoms with van der Waals surface area (Å²) in [5.41, 5.74) is 0.583. The molecule has 1 heterocycles. The Morgan fingerprint density at radius 1 is 1.24 bits per heavy atom. The van der Waals surface area contributed by atoms with Crippen LogP contribution in [0.5, 0.6) is 0 Å². The molecule has 2 aromatic rings. The van der Waals surface area contributed by atoms with E-state index in [1.807, 2.05) is 11.8 Å². The molecule has 0 bridgehead atoms. The summed E-state index contributed by atoms with van der Waals surface area (Å²) in [5, 5.41) is 3.92. The Kier molecular flexibility index (Phi) is 4.88. The summed E-state index contributed by atoms with van der Waals surface area (Å²) in [6.07, 6.45) is 0.751. The Labute approximate surface area is 122 Å². The van der Waals surface area contributed by atoms with Gasteiger partial charge < -0.3 is 9.42 Å². The van der Waals surface area contributed by atoms with Crippen molar-refractivity contribution in [1.82, 2.24) is 10.1 Å². The van der Waals surface area contributed by atoms with E-state index in [1.54, 1.807) is 0 Å². The molecule has 0 spiro atoms.